The fraction of sp³-hybridized carbons (Fsp3) is 0.235. The molecule has 2 rings (SSSR count). The Labute approximate surface area is 104 Å². The Kier molecular flexibility index (Phi) is 3.46. The number of rotatable bonds is 5. The maximum Gasteiger partial charge on any atom is 0.0250 e. The van der Waals surface area contributed by atoms with Crippen molar-refractivity contribution in [1.29, 1.82) is 0 Å². The van der Waals surface area contributed by atoms with Gasteiger partial charge in [-0.2, -0.15) is 0 Å². The van der Waals surface area contributed by atoms with Crippen LogP contribution in [-0.2, 0) is 5.41 Å². The van der Waals surface area contributed by atoms with Gasteiger partial charge in [0.1, 0.15) is 0 Å². The Morgan fingerprint density at radius 2 is 2.06 bits per heavy atom. The van der Waals surface area contributed by atoms with Gasteiger partial charge in [0.15, 0.2) is 0 Å². The zero-order valence-corrected chi connectivity index (χ0v) is 10.3. The van der Waals surface area contributed by atoms with E-state index in [1.54, 1.807) is 0 Å². The molecule has 0 heteroatoms. The van der Waals surface area contributed by atoms with Crippen LogP contribution in [0.15, 0.2) is 72.5 Å². The van der Waals surface area contributed by atoms with Crippen molar-refractivity contribution in [2.45, 2.75) is 25.2 Å². The largest absolute Gasteiger partial charge is 0.116 e. The average molecular weight is 222 g/mol. The van der Waals surface area contributed by atoms with Crippen LogP contribution in [0.2, 0.25) is 0 Å². The molecule has 0 bridgehead atoms. The topological polar surface area (TPSA) is 0 Å². The van der Waals surface area contributed by atoms with Crippen LogP contribution in [0.5, 0.6) is 0 Å². The molecule has 1 unspecified atom stereocenters. The molecule has 0 fully saturated rings. The molecule has 0 aliphatic heterocycles. The van der Waals surface area contributed by atoms with Gasteiger partial charge in [0.2, 0.25) is 0 Å². The second kappa shape index (κ2) is 5.03. The van der Waals surface area contributed by atoms with Crippen molar-refractivity contribution in [1.82, 2.24) is 0 Å². The van der Waals surface area contributed by atoms with E-state index in [1.165, 1.54) is 11.1 Å². The van der Waals surface area contributed by atoms with Gasteiger partial charge in [-0.3, -0.25) is 0 Å². The monoisotopic (exact) mass is 222 g/mol. The van der Waals surface area contributed by atoms with Crippen molar-refractivity contribution in [3.8, 4) is 0 Å². The number of benzene rings is 1. The number of hydrogen-bond donors (Lipinski definition) is 0. The molecule has 0 nitrogen and oxygen atoms in total. The average Bonchev–Trinajstić information content (AvgIpc) is 2.91. The van der Waals surface area contributed by atoms with E-state index in [0.29, 0.717) is 0 Å². The summed E-state index contributed by atoms with van der Waals surface area (Å²) < 4.78 is 0. The van der Waals surface area contributed by atoms with Gasteiger partial charge in [0, 0.05) is 11.0 Å². The van der Waals surface area contributed by atoms with Gasteiger partial charge >= 0.3 is 0 Å². The van der Waals surface area contributed by atoms with Crippen LogP contribution >= 0.6 is 0 Å². The quantitative estimate of drug-likeness (QED) is 0.506. The second-order valence-corrected chi connectivity index (χ2v) is 4.61. The predicted molar refractivity (Wildman–Crippen MR) is 74.0 cm³/mol. The summed E-state index contributed by atoms with van der Waals surface area (Å²) >= 11 is 0. The van der Waals surface area contributed by atoms with Gasteiger partial charge in [0.05, 0.1) is 0 Å². The van der Waals surface area contributed by atoms with Gasteiger partial charge in [-0.05, 0) is 30.6 Å². The Hall–Kier alpha value is -1.78. The molecule has 1 atom stereocenters. The molecule has 17 heavy (non-hydrogen) atoms. The molecular formula is C17H18. The molecule has 0 saturated heterocycles. The maximum absolute atomic E-state index is 3.83. The van der Waals surface area contributed by atoms with Crippen molar-refractivity contribution in [2.75, 3.05) is 0 Å². The van der Waals surface area contributed by atoms with E-state index in [4.69, 9.17) is 0 Å². The molecule has 0 radical (unpaired) electrons. The summed E-state index contributed by atoms with van der Waals surface area (Å²) in [6, 6.07) is 10.7. The molecule has 0 aromatic heterocycles. The van der Waals surface area contributed by atoms with Crippen LogP contribution < -0.4 is 0 Å². The van der Waals surface area contributed by atoms with Crippen LogP contribution in [0.1, 0.15) is 25.3 Å². The van der Waals surface area contributed by atoms with E-state index < -0.39 is 0 Å². The fourth-order valence-electron chi connectivity index (χ4n) is 2.30. The molecule has 0 amide bonds. The zero-order chi connectivity index (χ0) is 12.1. The summed E-state index contributed by atoms with van der Waals surface area (Å²) in [6.07, 6.45) is 10.3. The van der Waals surface area contributed by atoms with Crippen molar-refractivity contribution in [3.63, 3.8) is 0 Å². The van der Waals surface area contributed by atoms with E-state index >= 15 is 0 Å². The standard InChI is InChI=1S/C17H18/c1-3-4-14-17(2,16-12-8-9-13-16)15-10-6-5-7-11-15/h3,5-12H,1,4,14H2,2H3. The maximum atomic E-state index is 3.83. The lowest BCUT2D eigenvalue weighted by Crippen LogP contribution is -2.23. The number of hydrogen-bond acceptors (Lipinski definition) is 0. The second-order valence-electron chi connectivity index (χ2n) is 4.61. The van der Waals surface area contributed by atoms with Gasteiger partial charge in [-0.25, -0.2) is 0 Å². The first-order chi connectivity index (χ1) is 8.27. The summed E-state index contributed by atoms with van der Waals surface area (Å²) in [6.45, 7) is 6.12. The Morgan fingerprint density at radius 3 is 2.65 bits per heavy atom. The molecular weight excluding hydrogens is 204 g/mol. The van der Waals surface area contributed by atoms with Crippen LogP contribution in [0.25, 0.3) is 0 Å². The molecule has 0 saturated carbocycles. The summed E-state index contributed by atoms with van der Waals surface area (Å²) in [5.74, 6) is 0. The van der Waals surface area contributed by atoms with Crippen molar-refractivity contribution in [3.05, 3.63) is 78.1 Å². The Balaban J connectivity index is 2.40. The molecule has 1 aromatic rings. The lowest BCUT2D eigenvalue weighted by Gasteiger charge is -2.30. The summed E-state index contributed by atoms with van der Waals surface area (Å²) in [5.41, 5.74) is 6.01. The highest BCUT2D eigenvalue weighted by molar-refractivity contribution is 5.44. The third-order valence-corrected chi connectivity index (χ3v) is 3.45. The Bertz CT molecular complexity index is 484. The van der Waals surface area contributed by atoms with Gasteiger partial charge in [-0.1, -0.05) is 49.4 Å². The fourth-order valence-corrected chi connectivity index (χ4v) is 2.30. The van der Waals surface area contributed by atoms with Crippen molar-refractivity contribution < 1.29 is 0 Å². The third-order valence-electron chi connectivity index (χ3n) is 3.45. The highest BCUT2D eigenvalue weighted by atomic mass is 14.3. The molecule has 86 valence electrons. The van der Waals surface area contributed by atoms with E-state index in [2.05, 4.69) is 61.7 Å². The minimum absolute atomic E-state index is 0.0406. The van der Waals surface area contributed by atoms with E-state index in [0.717, 1.165) is 12.8 Å². The van der Waals surface area contributed by atoms with Gasteiger partial charge in [-0.15, -0.1) is 12.3 Å². The van der Waals surface area contributed by atoms with Crippen LogP contribution in [0, 0.1) is 0 Å². The normalized spacial score (nSPS) is 16.6. The Morgan fingerprint density at radius 1 is 1.29 bits per heavy atom. The molecule has 1 aliphatic rings. The minimum atomic E-state index is 0.0406. The van der Waals surface area contributed by atoms with E-state index in [9.17, 15) is 0 Å². The minimum Gasteiger partial charge on any atom is -0.116 e. The smallest absolute Gasteiger partial charge is 0.0250 e. The molecule has 1 aliphatic carbocycles. The van der Waals surface area contributed by atoms with Crippen LogP contribution in [-0.4, -0.2) is 0 Å². The SMILES string of the molecule is C=CCCC(C)(C1=C=CC=C1)c1ccccc1. The van der Waals surface area contributed by atoms with Gasteiger partial charge < -0.3 is 0 Å². The van der Waals surface area contributed by atoms with Crippen molar-refractivity contribution in [2.24, 2.45) is 0 Å². The molecule has 0 heterocycles. The molecule has 0 spiro atoms. The van der Waals surface area contributed by atoms with Crippen molar-refractivity contribution >= 4 is 0 Å². The van der Waals surface area contributed by atoms with Crippen LogP contribution in [0.4, 0.5) is 0 Å². The zero-order valence-electron chi connectivity index (χ0n) is 10.3. The van der Waals surface area contributed by atoms with E-state index in [1.807, 2.05) is 12.2 Å². The highest BCUT2D eigenvalue weighted by Crippen LogP contribution is 2.37. The molecule has 0 N–H and O–H groups in total. The first-order valence-corrected chi connectivity index (χ1v) is 6.07. The van der Waals surface area contributed by atoms with E-state index in [-0.39, 0.29) is 5.41 Å². The van der Waals surface area contributed by atoms with Crippen LogP contribution in [0.3, 0.4) is 0 Å². The lowest BCUT2D eigenvalue weighted by molar-refractivity contribution is 0.526. The predicted octanol–water partition coefficient (Wildman–Crippen LogP) is 4.56. The third kappa shape index (κ3) is 2.33. The summed E-state index contributed by atoms with van der Waals surface area (Å²) in [4.78, 5) is 0. The first kappa shape index (κ1) is 11.7. The summed E-state index contributed by atoms with van der Waals surface area (Å²) in [5, 5.41) is 0. The summed E-state index contributed by atoms with van der Waals surface area (Å²) in [7, 11) is 0. The first-order valence-electron chi connectivity index (χ1n) is 6.07. The van der Waals surface area contributed by atoms with Gasteiger partial charge in [0.25, 0.3) is 0 Å². The number of allylic oxidation sites excluding steroid dienone is 4. The molecule has 1 aromatic carbocycles. The highest BCUT2D eigenvalue weighted by Gasteiger charge is 2.29. The lowest BCUT2D eigenvalue weighted by atomic mass is 9.73.